The molecule has 2 aromatic carbocycles. The van der Waals surface area contributed by atoms with Gasteiger partial charge in [0.25, 0.3) is 5.91 Å². The fourth-order valence-corrected chi connectivity index (χ4v) is 6.23. The van der Waals surface area contributed by atoms with E-state index in [0.717, 1.165) is 31.4 Å². The summed E-state index contributed by atoms with van der Waals surface area (Å²) in [6, 6.07) is 8.03. The minimum Gasteiger partial charge on any atom is -0.344 e. The second-order valence-corrected chi connectivity index (χ2v) is 12.7. The molecule has 48 heavy (non-hydrogen) atoms. The third-order valence-corrected chi connectivity index (χ3v) is 9.33. The molecule has 2 fully saturated rings. The van der Waals surface area contributed by atoms with Crippen LogP contribution in [0.5, 0.6) is 0 Å². The van der Waals surface area contributed by atoms with Crippen LogP contribution in [0.2, 0.25) is 0 Å². The molecule has 0 bridgehead atoms. The number of anilines is 1. The standard InChI is InChI=1S/C35H43F3N6O4/c1-4-29(45)41-30(33(47)44-17-15-43(3)16-18-44)22(2)25-13-14-28(27(36)20-25)40-32(46)31(24-10-6-5-7-11-24)42-34(48)35(37,38)26-12-8-9-23(19-26)21-39/h8-9,12-14,19-20,22,24,30-31H,4-7,10-11,15-18H2,1-3H3,(H,40,46)(H,41,45)(H,42,48)/t22?,30-,31?/m1/s1. The average molecular weight is 669 g/mol. The fraction of sp³-hybridized carbons (Fsp3) is 0.514. The number of likely N-dealkylation sites (N-methyl/N-ethyl adjacent to an activating group) is 1. The first-order chi connectivity index (χ1) is 22.8. The third-order valence-electron chi connectivity index (χ3n) is 9.33. The number of alkyl halides is 2. The third kappa shape index (κ3) is 8.72. The van der Waals surface area contributed by atoms with Crippen LogP contribution >= 0.6 is 0 Å². The lowest BCUT2D eigenvalue weighted by Gasteiger charge is -2.36. The SMILES string of the molecule is CCC(=O)N[C@@H](C(=O)N1CCN(C)CC1)C(C)c1ccc(NC(=O)C(NC(=O)C(F)(F)c2cccc(C#N)c2)C2CCCCC2)c(F)c1. The molecule has 10 nitrogen and oxygen atoms in total. The Morgan fingerprint density at radius 3 is 2.31 bits per heavy atom. The Kier molecular flexibility index (Phi) is 12.2. The van der Waals surface area contributed by atoms with Crippen LogP contribution in [-0.4, -0.2) is 78.7 Å². The van der Waals surface area contributed by atoms with Crippen molar-refractivity contribution in [3.8, 4) is 6.07 Å². The predicted octanol–water partition coefficient (Wildman–Crippen LogP) is 4.27. The molecule has 258 valence electrons. The van der Waals surface area contributed by atoms with Crippen LogP contribution in [-0.2, 0) is 25.1 Å². The molecule has 2 aliphatic rings. The maximum atomic E-state index is 15.6. The summed E-state index contributed by atoms with van der Waals surface area (Å²) in [7, 11) is 1.96. The number of nitriles is 1. The zero-order chi connectivity index (χ0) is 35.0. The lowest BCUT2D eigenvalue weighted by Crippen LogP contribution is -2.55. The largest absolute Gasteiger partial charge is 0.349 e. The van der Waals surface area contributed by atoms with E-state index in [9.17, 15) is 19.2 Å². The number of hydrogen-bond donors (Lipinski definition) is 3. The number of hydrogen-bond acceptors (Lipinski definition) is 6. The molecule has 3 atom stereocenters. The number of amides is 4. The number of piperazine rings is 1. The van der Waals surface area contributed by atoms with Crippen molar-refractivity contribution in [3.63, 3.8) is 0 Å². The summed E-state index contributed by atoms with van der Waals surface area (Å²) >= 11 is 0. The van der Waals surface area contributed by atoms with Gasteiger partial charge in [0.15, 0.2) is 0 Å². The van der Waals surface area contributed by atoms with Crippen molar-refractivity contribution < 1.29 is 32.3 Å². The molecule has 4 rings (SSSR count). The zero-order valence-electron chi connectivity index (χ0n) is 27.5. The summed E-state index contributed by atoms with van der Waals surface area (Å²) in [4.78, 5) is 56.2. The molecule has 1 heterocycles. The number of carbonyl (C=O) groups excluding carboxylic acids is 4. The highest BCUT2D eigenvalue weighted by Gasteiger charge is 2.44. The lowest BCUT2D eigenvalue weighted by atomic mass is 9.83. The molecule has 0 aromatic heterocycles. The smallest absolute Gasteiger partial charge is 0.344 e. The normalized spacial score (nSPS) is 17.8. The molecular formula is C35H43F3N6O4. The van der Waals surface area contributed by atoms with Gasteiger partial charge in [0.05, 0.1) is 17.3 Å². The summed E-state index contributed by atoms with van der Waals surface area (Å²) in [5.41, 5.74) is -0.542. The van der Waals surface area contributed by atoms with Gasteiger partial charge in [-0.15, -0.1) is 0 Å². The summed E-state index contributed by atoms with van der Waals surface area (Å²) in [5.74, 6) is -9.05. The predicted molar refractivity (Wildman–Crippen MR) is 173 cm³/mol. The minimum absolute atomic E-state index is 0.0439. The molecule has 0 radical (unpaired) electrons. The van der Waals surface area contributed by atoms with Crippen molar-refractivity contribution in [1.29, 1.82) is 5.26 Å². The first kappa shape index (κ1) is 36.4. The van der Waals surface area contributed by atoms with Gasteiger partial charge >= 0.3 is 5.92 Å². The molecular weight excluding hydrogens is 625 g/mol. The van der Waals surface area contributed by atoms with Crippen LogP contribution in [0.3, 0.4) is 0 Å². The van der Waals surface area contributed by atoms with Crippen molar-refractivity contribution in [2.45, 2.75) is 76.3 Å². The van der Waals surface area contributed by atoms with Gasteiger partial charge < -0.3 is 25.8 Å². The summed E-state index contributed by atoms with van der Waals surface area (Å²) < 4.78 is 46.1. The van der Waals surface area contributed by atoms with Gasteiger partial charge in [-0.05, 0) is 55.6 Å². The fourth-order valence-electron chi connectivity index (χ4n) is 6.23. The van der Waals surface area contributed by atoms with Crippen LogP contribution in [0.4, 0.5) is 18.9 Å². The maximum absolute atomic E-state index is 15.6. The molecule has 1 saturated carbocycles. The summed E-state index contributed by atoms with van der Waals surface area (Å²) in [5, 5.41) is 16.6. The maximum Gasteiger partial charge on any atom is 0.349 e. The average Bonchev–Trinajstić information content (AvgIpc) is 3.10. The highest BCUT2D eigenvalue weighted by Crippen LogP contribution is 2.32. The van der Waals surface area contributed by atoms with E-state index in [4.69, 9.17) is 5.26 Å². The molecule has 3 N–H and O–H groups in total. The first-order valence-corrected chi connectivity index (χ1v) is 16.4. The van der Waals surface area contributed by atoms with Crippen molar-refractivity contribution in [2.24, 2.45) is 5.92 Å². The van der Waals surface area contributed by atoms with E-state index in [2.05, 4.69) is 20.9 Å². The first-order valence-electron chi connectivity index (χ1n) is 16.4. The minimum atomic E-state index is -4.03. The van der Waals surface area contributed by atoms with Gasteiger partial charge in [-0.2, -0.15) is 14.0 Å². The Balaban J connectivity index is 1.53. The second-order valence-electron chi connectivity index (χ2n) is 12.7. The van der Waals surface area contributed by atoms with Crippen molar-refractivity contribution in [2.75, 3.05) is 38.5 Å². The van der Waals surface area contributed by atoms with Gasteiger partial charge in [0, 0.05) is 44.1 Å². The van der Waals surface area contributed by atoms with E-state index in [-0.39, 0.29) is 29.5 Å². The molecule has 13 heteroatoms. The quantitative estimate of drug-likeness (QED) is 0.328. The molecule has 0 spiro atoms. The number of nitrogens with zero attached hydrogens (tertiary/aromatic N) is 3. The number of nitrogens with one attached hydrogen (secondary N) is 3. The molecule has 1 saturated heterocycles. The topological polar surface area (TPSA) is 135 Å². The van der Waals surface area contributed by atoms with Gasteiger partial charge in [0.1, 0.15) is 17.9 Å². The lowest BCUT2D eigenvalue weighted by molar-refractivity contribution is -0.149. The van der Waals surface area contributed by atoms with E-state index in [1.807, 2.05) is 7.05 Å². The second kappa shape index (κ2) is 16.1. The van der Waals surface area contributed by atoms with Gasteiger partial charge in [0.2, 0.25) is 17.7 Å². The van der Waals surface area contributed by atoms with E-state index >= 15 is 13.2 Å². The Bertz CT molecular complexity index is 1530. The van der Waals surface area contributed by atoms with E-state index in [0.29, 0.717) is 44.6 Å². The molecule has 2 aromatic rings. The van der Waals surface area contributed by atoms with E-state index in [1.54, 1.807) is 24.8 Å². The van der Waals surface area contributed by atoms with Gasteiger partial charge in [-0.1, -0.05) is 51.3 Å². The zero-order valence-corrected chi connectivity index (χ0v) is 27.5. The molecule has 2 unspecified atom stereocenters. The number of carbonyl (C=O) groups is 4. The molecule has 4 amide bonds. The van der Waals surface area contributed by atoms with Crippen molar-refractivity contribution in [3.05, 3.63) is 65.0 Å². The van der Waals surface area contributed by atoms with Crippen LogP contribution in [0.1, 0.15) is 75.0 Å². The van der Waals surface area contributed by atoms with E-state index < -0.39 is 53.0 Å². The van der Waals surface area contributed by atoms with Gasteiger partial charge in [-0.3, -0.25) is 19.2 Å². The molecule has 1 aliphatic heterocycles. The van der Waals surface area contributed by atoms with E-state index in [1.165, 1.54) is 30.3 Å². The van der Waals surface area contributed by atoms with Crippen LogP contribution in [0.15, 0.2) is 42.5 Å². The van der Waals surface area contributed by atoms with Gasteiger partial charge in [-0.25, -0.2) is 4.39 Å². The number of halogens is 3. The highest BCUT2D eigenvalue weighted by molar-refractivity contribution is 5.98. The molecule has 1 aliphatic carbocycles. The Morgan fingerprint density at radius 1 is 1.00 bits per heavy atom. The summed E-state index contributed by atoms with van der Waals surface area (Å²) in [6.45, 7) is 5.75. The highest BCUT2D eigenvalue weighted by atomic mass is 19.3. The van der Waals surface area contributed by atoms with Crippen molar-refractivity contribution >= 4 is 29.3 Å². The Morgan fingerprint density at radius 2 is 1.69 bits per heavy atom. The van der Waals surface area contributed by atoms with Crippen LogP contribution in [0.25, 0.3) is 0 Å². The number of rotatable bonds is 11. The van der Waals surface area contributed by atoms with Crippen LogP contribution in [0, 0.1) is 23.1 Å². The van der Waals surface area contributed by atoms with Crippen LogP contribution < -0.4 is 16.0 Å². The van der Waals surface area contributed by atoms with Crippen molar-refractivity contribution in [1.82, 2.24) is 20.4 Å². The summed E-state index contributed by atoms with van der Waals surface area (Å²) in [6.07, 6.45) is 3.58. The number of benzene rings is 2. The Labute approximate surface area is 279 Å². The Hall–Kier alpha value is -4.44. The monoisotopic (exact) mass is 668 g/mol.